The highest BCUT2D eigenvalue weighted by Crippen LogP contribution is 2.25. The second-order valence-corrected chi connectivity index (χ2v) is 6.18. The Bertz CT molecular complexity index is 527. The standard InChI is InChI=1S/C13H19IN2O2/c1-2-7-15-9-11(14)12(17)16(13(15)18)8-10-5-3-4-6-10/h9-10H,2-8H2,1H3. The number of rotatable bonds is 4. The van der Waals surface area contributed by atoms with Gasteiger partial charge in [-0.1, -0.05) is 19.8 Å². The first-order chi connectivity index (χ1) is 8.63. The van der Waals surface area contributed by atoms with Crippen LogP contribution >= 0.6 is 22.6 Å². The Labute approximate surface area is 120 Å². The summed E-state index contributed by atoms with van der Waals surface area (Å²) in [4.78, 5) is 24.3. The van der Waals surface area contributed by atoms with E-state index in [2.05, 4.69) is 0 Å². The summed E-state index contributed by atoms with van der Waals surface area (Å²) in [6.45, 7) is 3.31. The van der Waals surface area contributed by atoms with Gasteiger partial charge in [0.2, 0.25) is 0 Å². The van der Waals surface area contributed by atoms with E-state index in [0.29, 0.717) is 22.6 Å². The van der Waals surface area contributed by atoms with Crippen LogP contribution in [0.15, 0.2) is 15.8 Å². The molecular formula is C13H19IN2O2. The number of aryl methyl sites for hydroxylation is 1. The molecule has 1 aliphatic rings. The second kappa shape index (κ2) is 6.04. The molecule has 1 heterocycles. The normalized spacial score (nSPS) is 16.3. The molecule has 0 saturated heterocycles. The van der Waals surface area contributed by atoms with Gasteiger partial charge in [0.15, 0.2) is 0 Å². The van der Waals surface area contributed by atoms with E-state index in [1.165, 1.54) is 17.4 Å². The highest BCUT2D eigenvalue weighted by Gasteiger charge is 2.18. The quantitative estimate of drug-likeness (QED) is 0.771. The van der Waals surface area contributed by atoms with Crippen LogP contribution in [0.25, 0.3) is 0 Å². The van der Waals surface area contributed by atoms with E-state index < -0.39 is 0 Å². The molecular weight excluding hydrogens is 343 g/mol. The van der Waals surface area contributed by atoms with Gasteiger partial charge in [0, 0.05) is 19.3 Å². The molecule has 0 atom stereocenters. The number of hydrogen-bond acceptors (Lipinski definition) is 2. The average Bonchev–Trinajstić information content (AvgIpc) is 2.85. The predicted octanol–water partition coefficient (Wildman–Crippen LogP) is 2.21. The maximum absolute atomic E-state index is 12.2. The van der Waals surface area contributed by atoms with Crippen LogP contribution in [0.2, 0.25) is 0 Å². The molecule has 1 aliphatic carbocycles. The second-order valence-electron chi connectivity index (χ2n) is 5.02. The van der Waals surface area contributed by atoms with Crippen molar-refractivity contribution in [1.82, 2.24) is 9.13 Å². The predicted molar refractivity (Wildman–Crippen MR) is 79.9 cm³/mol. The van der Waals surface area contributed by atoms with Crippen LogP contribution in [0.4, 0.5) is 0 Å². The van der Waals surface area contributed by atoms with Crippen molar-refractivity contribution < 1.29 is 0 Å². The Hall–Kier alpha value is -0.590. The molecule has 100 valence electrons. The van der Waals surface area contributed by atoms with E-state index in [9.17, 15) is 9.59 Å². The highest BCUT2D eigenvalue weighted by molar-refractivity contribution is 14.1. The molecule has 1 saturated carbocycles. The maximum atomic E-state index is 12.2. The van der Waals surface area contributed by atoms with Gasteiger partial charge in [0.25, 0.3) is 5.56 Å². The van der Waals surface area contributed by atoms with Crippen molar-refractivity contribution in [2.24, 2.45) is 5.92 Å². The fourth-order valence-corrected chi connectivity index (χ4v) is 3.26. The van der Waals surface area contributed by atoms with Crippen LogP contribution in [-0.2, 0) is 13.1 Å². The van der Waals surface area contributed by atoms with Gasteiger partial charge in [-0.25, -0.2) is 4.79 Å². The summed E-state index contributed by atoms with van der Waals surface area (Å²) in [5.74, 6) is 0.503. The molecule has 0 radical (unpaired) electrons. The summed E-state index contributed by atoms with van der Waals surface area (Å²) < 4.78 is 3.74. The van der Waals surface area contributed by atoms with Crippen LogP contribution in [0.3, 0.4) is 0 Å². The monoisotopic (exact) mass is 362 g/mol. The summed E-state index contributed by atoms with van der Waals surface area (Å²) in [5, 5.41) is 0. The summed E-state index contributed by atoms with van der Waals surface area (Å²) in [7, 11) is 0. The van der Waals surface area contributed by atoms with Crippen molar-refractivity contribution in [3.8, 4) is 0 Å². The molecule has 1 aromatic rings. The van der Waals surface area contributed by atoms with Gasteiger partial charge in [-0.05, 0) is 47.8 Å². The lowest BCUT2D eigenvalue weighted by Gasteiger charge is -2.13. The Kier molecular flexibility index (Phi) is 4.64. The van der Waals surface area contributed by atoms with Gasteiger partial charge in [-0.15, -0.1) is 0 Å². The number of nitrogens with zero attached hydrogens (tertiary/aromatic N) is 2. The smallest absolute Gasteiger partial charge is 0.299 e. The largest absolute Gasteiger partial charge is 0.331 e. The van der Waals surface area contributed by atoms with Crippen molar-refractivity contribution in [3.63, 3.8) is 0 Å². The van der Waals surface area contributed by atoms with Gasteiger partial charge in [0.1, 0.15) is 0 Å². The van der Waals surface area contributed by atoms with Crippen LogP contribution in [0, 0.1) is 9.49 Å². The first kappa shape index (κ1) is 13.8. The third-order valence-electron chi connectivity index (χ3n) is 3.58. The molecule has 4 nitrogen and oxygen atoms in total. The van der Waals surface area contributed by atoms with E-state index in [4.69, 9.17) is 0 Å². The minimum Gasteiger partial charge on any atom is -0.299 e. The molecule has 0 unspecified atom stereocenters. The molecule has 1 aromatic heterocycles. The molecule has 5 heteroatoms. The van der Waals surface area contributed by atoms with Crippen LogP contribution in [0.5, 0.6) is 0 Å². The average molecular weight is 362 g/mol. The summed E-state index contributed by atoms with van der Waals surface area (Å²) in [6.07, 6.45) is 7.33. The molecule has 18 heavy (non-hydrogen) atoms. The van der Waals surface area contributed by atoms with Gasteiger partial charge >= 0.3 is 5.69 Å². The fourth-order valence-electron chi connectivity index (χ4n) is 2.63. The van der Waals surface area contributed by atoms with E-state index in [1.807, 2.05) is 29.5 Å². The zero-order valence-electron chi connectivity index (χ0n) is 10.7. The SMILES string of the molecule is CCCn1cc(I)c(=O)n(CC2CCCC2)c1=O. The van der Waals surface area contributed by atoms with Crippen LogP contribution < -0.4 is 11.2 Å². The minimum absolute atomic E-state index is 0.125. The Balaban J connectivity index is 2.37. The van der Waals surface area contributed by atoms with Crippen molar-refractivity contribution in [2.45, 2.75) is 52.1 Å². The van der Waals surface area contributed by atoms with E-state index >= 15 is 0 Å². The third-order valence-corrected chi connectivity index (χ3v) is 4.32. The maximum Gasteiger partial charge on any atom is 0.331 e. The van der Waals surface area contributed by atoms with Crippen molar-refractivity contribution in [2.75, 3.05) is 0 Å². The zero-order valence-corrected chi connectivity index (χ0v) is 12.9. The molecule has 0 aromatic carbocycles. The first-order valence-electron chi connectivity index (χ1n) is 6.63. The molecule has 0 spiro atoms. The topological polar surface area (TPSA) is 44.0 Å². The Morgan fingerprint density at radius 3 is 2.61 bits per heavy atom. The Morgan fingerprint density at radius 2 is 2.00 bits per heavy atom. The Morgan fingerprint density at radius 1 is 1.33 bits per heavy atom. The van der Waals surface area contributed by atoms with Crippen LogP contribution in [-0.4, -0.2) is 9.13 Å². The van der Waals surface area contributed by atoms with Crippen molar-refractivity contribution in [1.29, 1.82) is 0 Å². The summed E-state index contributed by atoms with van der Waals surface area (Å²) in [5.41, 5.74) is -0.269. The molecule has 0 amide bonds. The first-order valence-corrected chi connectivity index (χ1v) is 7.71. The number of halogens is 1. The van der Waals surface area contributed by atoms with Crippen molar-refractivity contribution in [3.05, 3.63) is 30.6 Å². The molecule has 0 aliphatic heterocycles. The molecule has 0 N–H and O–H groups in total. The molecule has 2 rings (SSSR count). The highest BCUT2D eigenvalue weighted by atomic mass is 127. The summed E-state index contributed by atoms with van der Waals surface area (Å²) >= 11 is 2.03. The lowest BCUT2D eigenvalue weighted by molar-refractivity contribution is 0.420. The lowest BCUT2D eigenvalue weighted by atomic mass is 10.1. The number of aromatic nitrogens is 2. The van der Waals surface area contributed by atoms with Gasteiger partial charge in [-0.3, -0.25) is 13.9 Å². The van der Waals surface area contributed by atoms with E-state index in [-0.39, 0.29) is 11.2 Å². The van der Waals surface area contributed by atoms with E-state index in [0.717, 1.165) is 19.3 Å². The van der Waals surface area contributed by atoms with Gasteiger partial charge in [-0.2, -0.15) is 0 Å². The molecule has 0 bridgehead atoms. The lowest BCUT2D eigenvalue weighted by Crippen LogP contribution is -2.42. The number of hydrogen-bond donors (Lipinski definition) is 0. The van der Waals surface area contributed by atoms with Crippen LogP contribution in [0.1, 0.15) is 39.0 Å². The van der Waals surface area contributed by atoms with E-state index in [1.54, 1.807) is 10.8 Å². The minimum atomic E-state index is -0.144. The van der Waals surface area contributed by atoms with Gasteiger partial charge < -0.3 is 0 Å². The molecule has 1 fully saturated rings. The van der Waals surface area contributed by atoms with Gasteiger partial charge in [0.05, 0.1) is 3.57 Å². The third kappa shape index (κ3) is 2.87. The summed E-state index contributed by atoms with van der Waals surface area (Å²) in [6, 6.07) is 0. The zero-order chi connectivity index (χ0) is 13.1. The fraction of sp³-hybridized carbons (Fsp3) is 0.692. The van der Waals surface area contributed by atoms with Crippen molar-refractivity contribution >= 4 is 22.6 Å².